The Morgan fingerprint density at radius 3 is 2.44 bits per heavy atom. The second kappa shape index (κ2) is 6.49. The van der Waals surface area contributed by atoms with Gasteiger partial charge in [-0.2, -0.15) is 11.8 Å². The molecule has 0 radical (unpaired) electrons. The van der Waals surface area contributed by atoms with Gasteiger partial charge in [-0.15, -0.1) is 0 Å². The van der Waals surface area contributed by atoms with Crippen LogP contribution in [0.1, 0.15) is 12.0 Å². The molecule has 0 aliphatic carbocycles. The molecule has 0 fully saturated rings. The highest BCUT2D eigenvalue weighted by molar-refractivity contribution is 7.98. The maximum absolute atomic E-state index is 10.7. The smallest absolute Gasteiger partial charge is 0.209 e. The van der Waals surface area contributed by atoms with Gasteiger partial charge in [-0.3, -0.25) is 0 Å². The quantitative estimate of drug-likeness (QED) is 0.813. The second-order valence-corrected chi connectivity index (χ2v) is 6.68. The predicted molar refractivity (Wildman–Crippen MR) is 70.2 cm³/mol. The van der Waals surface area contributed by atoms with Crippen molar-refractivity contribution in [2.45, 2.75) is 12.2 Å². The highest BCUT2D eigenvalue weighted by Crippen LogP contribution is 2.16. The molecular formula is C10H14ClNO2S2. The van der Waals surface area contributed by atoms with E-state index in [9.17, 15) is 8.42 Å². The fraction of sp³-hybridized carbons (Fsp3) is 0.400. The molecule has 0 saturated heterocycles. The molecule has 16 heavy (non-hydrogen) atoms. The van der Waals surface area contributed by atoms with E-state index in [1.165, 1.54) is 5.56 Å². The Hall–Kier alpha value is -0.230. The summed E-state index contributed by atoms with van der Waals surface area (Å²) in [5.41, 5.74) is 1.19. The average Bonchev–Trinajstić information content (AvgIpc) is 2.19. The third-order valence-electron chi connectivity index (χ3n) is 1.90. The average molecular weight is 280 g/mol. The van der Waals surface area contributed by atoms with Crippen LogP contribution in [0.15, 0.2) is 24.3 Å². The molecule has 2 N–H and O–H groups in total. The lowest BCUT2D eigenvalue weighted by atomic mass is 10.2. The molecule has 0 unspecified atom stereocenters. The lowest BCUT2D eigenvalue weighted by molar-refractivity contribution is 0.596. The Kier molecular flexibility index (Phi) is 5.61. The summed E-state index contributed by atoms with van der Waals surface area (Å²) in [5.74, 6) is 1.71. The number of benzene rings is 1. The molecule has 0 aliphatic heterocycles. The first-order valence-corrected chi connectivity index (χ1v) is 8.05. The van der Waals surface area contributed by atoms with Gasteiger partial charge in [0.1, 0.15) is 0 Å². The SMILES string of the molecule is NS(=O)(=O)CCCSCc1ccc(Cl)cc1. The van der Waals surface area contributed by atoms with Crippen LogP contribution in [-0.4, -0.2) is 19.9 Å². The van der Waals surface area contributed by atoms with Crippen LogP contribution in [0.2, 0.25) is 5.02 Å². The van der Waals surface area contributed by atoms with Crippen LogP contribution in [0.3, 0.4) is 0 Å². The number of sulfonamides is 1. The van der Waals surface area contributed by atoms with E-state index in [4.69, 9.17) is 16.7 Å². The zero-order chi connectivity index (χ0) is 12.0. The number of hydrogen-bond donors (Lipinski definition) is 1. The maximum atomic E-state index is 10.7. The van der Waals surface area contributed by atoms with Crippen molar-refractivity contribution in [3.8, 4) is 0 Å². The van der Waals surface area contributed by atoms with Gasteiger partial charge in [0.05, 0.1) is 5.75 Å². The Bertz CT molecular complexity index is 417. The summed E-state index contributed by atoms with van der Waals surface area (Å²) >= 11 is 7.45. The van der Waals surface area contributed by atoms with Crippen LogP contribution in [-0.2, 0) is 15.8 Å². The largest absolute Gasteiger partial charge is 0.229 e. The van der Waals surface area contributed by atoms with Gasteiger partial charge in [0, 0.05) is 10.8 Å². The van der Waals surface area contributed by atoms with E-state index in [0.717, 1.165) is 16.5 Å². The molecule has 0 atom stereocenters. The van der Waals surface area contributed by atoms with Crippen molar-refractivity contribution in [2.24, 2.45) is 5.14 Å². The number of hydrogen-bond acceptors (Lipinski definition) is 3. The molecule has 0 aromatic heterocycles. The summed E-state index contributed by atoms with van der Waals surface area (Å²) in [6, 6.07) is 7.63. The molecule has 0 amide bonds. The number of rotatable bonds is 6. The Balaban J connectivity index is 2.19. The van der Waals surface area contributed by atoms with Crippen molar-refractivity contribution in [1.29, 1.82) is 0 Å². The molecule has 0 saturated carbocycles. The van der Waals surface area contributed by atoms with E-state index in [-0.39, 0.29) is 5.75 Å². The van der Waals surface area contributed by atoms with Crippen LogP contribution in [0, 0.1) is 0 Å². The Morgan fingerprint density at radius 1 is 1.25 bits per heavy atom. The molecule has 6 heteroatoms. The first kappa shape index (κ1) is 13.8. The van der Waals surface area contributed by atoms with Crippen molar-refractivity contribution in [2.75, 3.05) is 11.5 Å². The van der Waals surface area contributed by atoms with Crippen LogP contribution in [0.25, 0.3) is 0 Å². The maximum Gasteiger partial charge on any atom is 0.209 e. The third-order valence-corrected chi connectivity index (χ3v) is 4.12. The fourth-order valence-electron chi connectivity index (χ4n) is 1.13. The molecule has 0 spiro atoms. The van der Waals surface area contributed by atoms with E-state index in [1.807, 2.05) is 24.3 Å². The van der Waals surface area contributed by atoms with E-state index < -0.39 is 10.0 Å². The first-order valence-electron chi connectivity index (χ1n) is 4.80. The van der Waals surface area contributed by atoms with Crippen molar-refractivity contribution in [3.05, 3.63) is 34.9 Å². The van der Waals surface area contributed by atoms with Gasteiger partial charge in [-0.05, 0) is 29.9 Å². The van der Waals surface area contributed by atoms with Gasteiger partial charge < -0.3 is 0 Å². The van der Waals surface area contributed by atoms with Gasteiger partial charge in [-0.25, -0.2) is 13.6 Å². The standard InChI is InChI=1S/C10H14ClNO2S2/c11-10-4-2-9(3-5-10)8-15-6-1-7-16(12,13)14/h2-5H,1,6-8H2,(H2,12,13,14). The fourth-order valence-corrected chi connectivity index (χ4v) is 2.91. The van der Waals surface area contributed by atoms with Gasteiger partial charge in [0.15, 0.2) is 0 Å². The van der Waals surface area contributed by atoms with Crippen LogP contribution >= 0.6 is 23.4 Å². The normalized spacial score (nSPS) is 11.6. The zero-order valence-electron chi connectivity index (χ0n) is 8.73. The molecular weight excluding hydrogens is 266 g/mol. The summed E-state index contributed by atoms with van der Waals surface area (Å²) < 4.78 is 21.3. The van der Waals surface area contributed by atoms with Gasteiger partial charge >= 0.3 is 0 Å². The Morgan fingerprint density at radius 2 is 1.88 bits per heavy atom. The summed E-state index contributed by atoms with van der Waals surface area (Å²) in [6.45, 7) is 0. The summed E-state index contributed by atoms with van der Waals surface area (Å²) in [4.78, 5) is 0. The van der Waals surface area contributed by atoms with Gasteiger partial charge in [0.25, 0.3) is 0 Å². The van der Waals surface area contributed by atoms with Crippen molar-refractivity contribution >= 4 is 33.4 Å². The molecule has 0 heterocycles. The van der Waals surface area contributed by atoms with E-state index in [1.54, 1.807) is 11.8 Å². The summed E-state index contributed by atoms with van der Waals surface area (Å²) in [5, 5.41) is 5.62. The second-order valence-electron chi connectivity index (χ2n) is 3.40. The molecule has 1 aromatic carbocycles. The minimum absolute atomic E-state index is 0.0562. The number of halogens is 1. The highest BCUT2D eigenvalue weighted by Gasteiger charge is 2.01. The van der Waals surface area contributed by atoms with Crippen LogP contribution in [0.5, 0.6) is 0 Å². The van der Waals surface area contributed by atoms with Crippen molar-refractivity contribution < 1.29 is 8.42 Å². The van der Waals surface area contributed by atoms with E-state index >= 15 is 0 Å². The zero-order valence-corrected chi connectivity index (χ0v) is 11.1. The van der Waals surface area contributed by atoms with Crippen LogP contribution < -0.4 is 5.14 Å². The Labute approximate surface area is 105 Å². The number of nitrogens with two attached hydrogens (primary N) is 1. The minimum atomic E-state index is -3.31. The molecule has 90 valence electrons. The molecule has 0 bridgehead atoms. The number of primary sulfonamides is 1. The molecule has 0 aliphatic rings. The lowest BCUT2D eigenvalue weighted by Crippen LogP contribution is -2.16. The lowest BCUT2D eigenvalue weighted by Gasteiger charge is -2.01. The third kappa shape index (κ3) is 6.37. The van der Waals surface area contributed by atoms with Crippen LogP contribution in [0.4, 0.5) is 0 Å². The van der Waals surface area contributed by atoms with Gasteiger partial charge in [0.2, 0.25) is 10.0 Å². The van der Waals surface area contributed by atoms with Crippen molar-refractivity contribution in [1.82, 2.24) is 0 Å². The molecule has 3 nitrogen and oxygen atoms in total. The van der Waals surface area contributed by atoms with Gasteiger partial charge in [-0.1, -0.05) is 23.7 Å². The first-order chi connectivity index (χ1) is 7.47. The predicted octanol–water partition coefficient (Wildman–Crippen LogP) is 2.25. The minimum Gasteiger partial charge on any atom is -0.229 e. The monoisotopic (exact) mass is 279 g/mol. The molecule has 1 rings (SSSR count). The van der Waals surface area contributed by atoms with E-state index in [2.05, 4.69) is 0 Å². The van der Waals surface area contributed by atoms with Crippen molar-refractivity contribution in [3.63, 3.8) is 0 Å². The number of thioether (sulfide) groups is 1. The topological polar surface area (TPSA) is 60.2 Å². The summed E-state index contributed by atoms with van der Waals surface area (Å²) in [6.07, 6.45) is 0.594. The van der Waals surface area contributed by atoms with E-state index in [0.29, 0.717) is 6.42 Å². The highest BCUT2D eigenvalue weighted by atomic mass is 35.5. The molecule has 1 aromatic rings. The summed E-state index contributed by atoms with van der Waals surface area (Å²) in [7, 11) is -3.31.